The van der Waals surface area contributed by atoms with Crippen LogP contribution in [-0.2, 0) is 7.05 Å². The number of carbonyl (C=O) groups is 1. The maximum atomic E-state index is 13.3. The second kappa shape index (κ2) is 6.36. The maximum absolute atomic E-state index is 13.3. The Hall–Kier alpha value is -3.03. The minimum atomic E-state index is -2.99. The van der Waals surface area contributed by atoms with Gasteiger partial charge in [-0.25, -0.2) is 18.6 Å². The van der Waals surface area contributed by atoms with Gasteiger partial charge in [0.05, 0.1) is 12.8 Å². The van der Waals surface area contributed by atoms with Crippen LogP contribution in [0.2, 0.25) is 0 Å². The van der Waals surface area contributed by atoms with Crippen molar-refractivity contribution < 1.29 is 23.4 Å². The van der Waals surface area contributed by atoms with Gasteiger partial charge in [-0.2, -0.15) is 5.10 Å². The van der Waals surface area contributed by atoms with Crippen molar-refractivity contribution in [3.8, 4) is 17.0 Å². The van der Waals surface area contributed by atoms with Gasteiger partial charge in [-0.3, -0.25) is 4.68 Å². The number of halogens is 2. The van der Waals surface area contributed by atoms with Crippen LogP contribution in [0.4, 0.5) is 8.78 Å². The number of carboxylic acid groups (broad SMARTS) is 1. The number of fused-ring (bicyclic) bond motifs is 1. The van der Waals surface area contributed by atoms with E-state index < -0.39 is 23.7 Å². The van der Waals surface area contributed by atoms with E-state index in [9.17, 15) is 18.7 Å². The van der Waals surface area contributed by atoms with E-state index in [-0.39, 0.29) is 5.69 Å². The highest BCUT2D eigenvalue weighted by Crippen LogP contribution is 2.38. The van der Waals surface area contributed by atoms with Crippen molar-refractivity contribution in [3.63, 3.8) is 0 Å². The number of aryl methyl sites for hydroxylation is 3. The number of pyridine rings is 1. The Labute approximate surface area is 148 Å². The van der Waals surface area contributed by atoms with Crippen molar-refractivity contribution in [1.82, 2.24) is 14.8 Å². The zero-order valence-corrected chi connectivity index (χ0v) is 14.7. The van der Waals surface area contributed by atoms with E-state index in [0.717, 1.165) is 5.56 Å². The van der Waals surface area contributed by atoms with Crippen LogP contribution in [0.5, 0.6) is 5.75 Å². The fourth-order valence-corrected chi connectivity index (χ4v) is 3.18. The van der Waals surface area contributed by atoms with E-state index in [4.69, 9.17) is 4.74 Å². The number of hydrogen-bond donors (Lipinski definition) is 1. The number of methoxy groups -OCH3 is 1. The van der Waals surface area contributed by atoms with Crippen LogP contribution in [-0.4, -0.2) is 33.0 Å². The smallest absolute Gasteiger partial charge is 0.340 e. The van der Waals surface area contributed by atoms with Crippen molar-refractivity contribution >= 4 is 16.9 Å². The SMILES string of the molecule is COc1ccc(C)c2c(-c3c(C(=O)O)c(C(F)F)nn3C)cc(C)nc12. The van der Waals surface area contributed by atoms with Gasteiger partial charge in [-0.05, 0) is 31.5 Å². The van der Waals surface area contributed by atoms with Crippen LogP contribution in [0, 0.1) is 13.8 Å². The van der Waals surface area contributed by atoms with Gasteiger partial charge in [-0.15, -0.1) is 0 Å². The summed E-state index contributed by atoms with van der Waals surface area (Å²) >= 11 is 0. The maximum Gasteiger partial charge on any atom is 0.340 e. The molecule has 0 saturated carbocycles. The highest BCUT2D eigenvalue weighted by atomic mass is 19.3. The number of nitrogens with zero attached hydrogens (tertiary/aromatic N) is 3. The minimum Gasteiger partial charge on any atom is -0.494 e. The third-order valence-electron chi connectivity index (χ3n) is 4.23. The molecule has 0 aliphatic heterocycles. The molecular weight excluding hydrogens is 344 g/mol. The van der Waals surface area contributed by atoms with Gasteiger partial charge in [-0.1, -0.05) is 6.07 Å². The molecule has 1 N–H and O–H groups in total. The summed E-state index contributed by atoms with van der Waals surface area (Å²) in [6.07, 6.45) is -2.99. The van der Waals surface area contributed by atoms with Crippen LogP contribution in [0.15, 0.2) is 18.2 Å². The summed E-state index contributed by atoms with van der Waals surface area (Å²) in [4.78, 5) is 16.2. The Balaban J connectivity index is 2.50. The molecule has 0 aliphatic carbocycles. The topological polar surface area (TPSA) is 77.2 Å². The number of rotatable bonds is 4. The van der Waals surface area contributed by atoms with Crippen molar-refractivity contribution in [3.05, 3.63) is 40.7 Å². The van der Waals surface area contributed by atoms with Gasteiger partial charge in [0.15, 0.2) is 0 Å². The lowest BCUT2D eigenvalue weighted by molar-refractivity contribution is 0.0685. The Bertz CT molecular complexity index is 1030. The highest BCUT2D eigenvalue weighted by Gasteiger charge is 2.30. The lowest BCUT2D eigenvalue weighted by Crippen LogP contribution is -2.04. The molecule has 0 fully saturated rings. The molecule has 3 rings (SSSR count). The second-order valence-corrected chi connectivity index (χ2v) is 5.96. The predicted molar refractivity (Wildman–Crippen MR) is 91.9 cm³/mol. The van der Waals surface area contributed by atoms with E-state index in [1.165, 1.54) is 18.8 Å². The minimum absolute atomic E-state index is 0.111. The first kappa shape index (κ1) is 17.8. The predicted octanol–water partition coefficient (Wildman–Crippen LogP) is 3.90. The molecule has 0 spiro atoms. The number of benzene rings is 1. The lowest BCUT2D eigenvalue weighted by Gasteiger charge is -2.14. The Kier molecular flexibility index (Phi) is 4.35. The molecule has 136 valence electrons. The third kappa shape index (κ3) is 2.67. The zero-order valence-electron chi connectivity index (χ0n) is 14.7. The van der Waals surface area contributed by atoms with Crippen LogP contribution in [0.3, 0.4) is 0 Å². The second-order valence-electron chi connectivity index (χ2n) is 5.96. The average molecular weight is 361 g/mol. The monoisotopic (exact) mass is 361 g/mol. The number of aromatic nitrogens is 3. The summed E-state index contributed by atoms with van der Waals surface area (Å²) in [7, 11) is 2.96. The average Bonchev–Trinajstić information content (AvgIpc) is 2.92. The molecule has 1 aromatic carbocycles. The fourth-order valence-electron chi connectivity index (χ4n) is 3.18. The number of alkyl halides is 2. The molecule has 2 heterocycles. The third-order valence-corrected chi connectivity index (χ3v) is 4.23. The number of carboxylic acids is 1. The summed E-state index contributed by atoms with van der Waals surface area (Å²) in [5.74, 6) is -0.935. The van der Waals surface area contributed by atoms with Crippen molar-refractivity contribution in [2.75, 3.05) is 7.11 Å². The molecule has 0 radical (unpaired) electrons. The first-order valence-electron chi connectivity index (χ1n) is 7.79. The Morgan fingerprint density at radius 3 is 2.58 bits per heavy atom. The van der Waals surface area contributed by atoms with Gasteiger partial charge in [0, 0.05) is 23.7 Å². The number of hydrogen-bond acceptors (Lipinski definition) is 4. The van der Waals surface area contributed by atoms with Gasteiger partial charge >= 0.3 is 5.97 Å². The summed E-state index contributed by atoms with van der Waals surface area (Å²) in [6.45, 7) is 3.59. The lowest BCUT2D eigenvalue weighted by atomic mass is 9.97. The van der Waals surface area contributed by atoms with E-state index in [2.05, 4.69) is 10.1 Å². The first-order chi connectivity index (χ1) is 12.3. The molecule has 0 amide bonds. The molecule has 0 aliphatic rings. The Morgan fingerprint density at radius 1 is 1.31 bits per heavy atom. The highest BCUT2D eigenvalue weighted by molar-refractivity contribution is 6.05. The molecule has 0 atom stereocenters. The van der Waals surface area contributed by atoms with Crippen LogP contribution in [0.25, 0.3) is 22.2 Å². The van der Waals surface area contributed by atoms with Gasteiger partial charge in [0.2, 0.25) is 0 Å². The quantitative estimate of drug-likeness (QED) is 0.763. The van der Waals surface area contributed by atoms with E-state index in [0.29, 0.717) is 27.9 Å². The number of ether oxygens (including phenoxy) is 1. The van der Waals surface area contributed by atoms with E-state index >= 15 is 0 Å². The van der Waals surface area contributed by atoms with Gasteiger partial charge in [0.25, 0.3) is 6.43 Å². The standard InChI is InChI=1S/C18H17F2N3O3/c1-8-5-6-11(26-4)14-12(8)10(7-9(2)21-14)16-13(18(24)25)15(17(19)20)22-23(16)3/h5-7,17H,1-4H3,(H,24,25). The number of aromatic carboxylic acids is 1. The summed E-state index contributed by atoms with van der Waals surface area (Å²) < 4.78 is 33.2. The molecule has 0 unspecified atom stereocenters. The molecular formula is C18H17F2N3O3. The summed E-state index contributed by atoms with van der Waals surface area (Å²) in [5.41, 5.74) is 1.29. The van der Waals surface area contributed by atoms with Gasteiger partial charge < -0.3 is 9.84 Å². The molecule has 0 saturated heterocycles. The van der Waals surface area contributed by atoms with Gasteiger partial charge in [0.1, 0.15) is 22.5 Å². The van der Waals surface area contributed by atoms with Crippen molar-refractivity contribution in [1.29, 1.82) is 0 Å². The Morgan fingerprint density at radius 2 is 2.00 bits per heavy atom. The zero-order chi connectivity index (χ0) is 19.2. The largest absolute Gasteiger partial charge is 0.494 e. The van der Waals surface area contributed by atoms with Crippen LogP contribution < -0.4 is 4.74 Å². The van der Waals surface area contributed by atoms with Crippen LogP contribution in [0.1, 0.15) is 33.7 Å². The van der Waals surface area contributed by atoms with E-state index in [1.54, 1.807) is 19.1 Å². The van der Waals surface area contributed by atoms with Crippen molar-refractivity contribution in [2.45, 2.75) is 20.3 Å². The molecule has 6 nitrogen and oxygen atoms in total. The summed E-state index contributed by atoms with van der Waals surface area (Å²) in [5, 5.41) is 13.9. The molecule has 2 aromatic heterocycles. The molecule has 0 bridgehead atoms. The normalized spacial score (nSPS) is 11.3. The molecule has 8 heteroatoms. The van der Waals surface area contributed by atoms with Crippen molar-refractivity contribution in [2.24, 2.45) is 7.05 Å². The van der Waals surface area contributed by atoms with E-state index in [1.807, 2.05) is 13.0 Å². The molecule has 26 heavy (non-hydrogen) atoms. The first-order valence-corrected chi connectivity index (χ1v) is 7.79. The molecule has 3 aromatic rings. The summed E-state index contributed by atoms with van der Waals surface area (Å²) in [6, 6.07) is 5.25. The fraction of sp³-hybridized carbons (Fsp3) is 0.278. The van der Waals surface area contributed by atoms with Crippen LogP contribution >= 0.6 is 0 Å².